The molecule has 1 fully saturated rings. The van der Waals surface area contributed by atoms with E-state index < -0.39 is 0 Å². The van der Waals surface area contributed by atoms with Gasteiger partial charge in [-0.25, -0.2) is 0 Å². The predicted molar refractivity (Wildman–Crippen MR) is 80.4 cm³/mol. The molecule has 0 aliphatic heterocycles. The monoisotopic (exact) mass is 289 g/mol. The van der Waals surface area contributed by atoms with Gasteiger partial charge in [-0.05, 0) is 30.9 Å². The molecule has 0 unspecified atom stereocenters. The Kier molecular flexibility index (Phi) is 4.08. The van der Waals surface area contributed by atoms with Crippen LogP contribution in [0.15, 0.2) is 24.3 Å². The highest BCUT2D eigenvalue weighted by Crippen LogP contribution is 2.37. The summed E-state index contributed by atoms with van der Waals surface area (Å²) in [5.41, 5.74) is 2.24. The summed E-state index contributed by atoms with van der Waals surface area (Å²) in [7, 11) is 0. The molecule has 0 saturated heterocycles. The first-order valence-corrected chi connectivity index (χ1v) is 8.10. The summed E-state index contributed by atoms with van der Waals surface area (Å²) in [6, 6.07) is 8.76. The van der Waals surface area contributed by atoms with Gasteiger partial charge in [0.25, 0.3) is 0 Å². The van der Waals surface area contributed by atoms with Crippen LogP contribution < -0.4 is 0 Å². The van der Waals surface area contributed by atoms with Crippen molar-refractivity contribution in [3.8, 4) is 0 Å². The highest BCUT2D eigenvalue weighted by molar-refractivity contribution is 7.97. The topological polar surface area (TPSA) is 50.9 Å². The van der Waals surface area contributed by atoms with Crippen molar-refractivity contribution in [1.82, 2.24) is 14.8 Å². The van der Waals surface area contributed by atoms with Crippen LogP contribution in [-0.2, 0) is 18.1 Å². The third kappa shape index (κ3) is 3.04. The number of hydrogen-bond acceptors (Lipinski definition) is 4. The molecule has 1 aliphatic carbocycles. The number of hydrogen-bond donors (Lipinski definition) is 1. The summed E-state index contributed by atoms with van der Waals surface area (Å²) >= 11 is 1.86. The highest BCUT2D eigenvalue weighted by atomic mass is 32.2. The Bertz CT molecular complexity index is 575. The second-order valence-electron chi connectivity index (χ2n) is 5.23. The Balaban J connectivity index is 1.57. The lowest BCUT2D eigenvalue weighted by atomic mass is 10.2. The zero-order valence-electron chi connectivity index (χ0n) is 11.6. The minimum atomic E-state index is 0.108. The third-order valence-corrected chi connectivity index (χ3v) is 4.55. The number of aliphatic hydroxyl groups excluding tert-OH is 1. The van der Waals surface area contributed by atoms with Crippen LogP contribution in [0.2, 0.25) is 0 Å². The molecule has 1 aromatic carbocycles. The average molecular weight is 289 g/mol. The molecule has 1 N–H and O–H groups in total. The SMILES string of the molecule is Cc1nnc(CSCc2ccc(CO)cc2)n1C1CC1. The predicted octanol–water partition coefficient (Wildman–Crippen LogP) is 2.85. The Labute approximate surface area is 123 Å². The minimum absolute atomic E-state index is 0.108. The molecular formula is C15H19N3OS. The van der Waals surface area contributed by atoms with Crippen molar-refractivity contribution in [1.29, 1.82) is 0 Å². The molecule has 0 bridgehead atoms. The van der Waals surface area contributed by atoms with Gasteiger partial charge in [0.05, 0.1) is 12.4 Å². The number of rotatable bonds is 6. The summed E-state index contributed by atoms with van der Waals surface area (Å²) in [6.07, 6.45) is 2.53. The molecule has 106 valence electrons. The molecule has 1 aliphatic rings. The van der Waals surface area contributed by atoms with E-state index in [0.717, 1.165) is 28.7 Å². The number of thioether (sulfide) groups is 1. The summed E-state index contributed by atoms with van der Waals surface area (Å²) in [4.78, 5) is 0. The number of aryl methyl sites for hydroxylation is 1. The molecular weight excluding hydrogens is 270 g/mol. The average Bonchev–Trinajstić information content (AvgIpc) is 3.24. The summed E-state index contributed by atoms with van der Waals surface area (Å²) in [5, 5.41) is 17.5. The van der Waals surface area contributed by atoms with Crippen LogP contribution >= 0.6 is 11.8 Å². The van der Waals surface area contributed by atoms with E-state index in [0.29, 0.717) is 6.04 Å². The zero-order valence-corrected chi connectivity index (χ0v) is 12.4. The third-order valence-electron chi connectivity index (χ3n) is 3.55. The van der Waals surface area contributed by atoms with E-state index >= 15 is 0 Å². The molecule has 4 nitrogen and oxygen atoms in total. The van der Waals surface area contributed by atoms with Crippen LogP contribution in [0.25, 0.3) is 0 Å². The van der Waals surface area contributed by atoms with E-state index in [4.69, 9.17) is 5.11 Å². The van der Waals surface area contributed by atoms with E-state index in [1.165, 1.54) is 18.4 Å². The Morgan fingerprint density at radius 1 is 1.15 bits per heavy atom. The fourth-order valence-electron chi connectivity index (χ4n) is 2.32. The van der Waals surface area contributed by atoms with E-state index in [1.54, 1.807) is 0 Å². The molecule has 1 heterocycles. The van der Waals surface area contributed by atoms with Gasteiger partial charge >= 0.3 is 0 Å². The number of benzene rings is 1. The van der Waals surface area contributed by atoms with E-state index in [2.05, 4.69) is 26.9 Å². The van der Waals surface area contributed by atoms with Crippen molar-refractivity contribution >= 4 is 11.8 Å². The van der Waals surface area contributed by atoms with Crippen molar-refractivity contribution in [3.05, 3.63) is 47.0 Å². The molecule has 3 rings (SSSR count). The second kappa shape index (κ2) is 5.97. The van der Waals surface area contributed by atoms with Gasteiger partial charge in [-0.1, -0.05) is 24.3 Å². The van der Waals surface area contributed by atoms with Gasteiger partial charge in [0.1, 0.15) is 11.6 Å². The van der Waals surface area contributed by atoms with Crippen molar-refractivity contribution in [2.24, 2.45) is 0 Å². The first kappa shape index (κ1) is 13.6. The van der Waals surface area contributed by atoms with Crippen LogP contribution in [-0.4, -0.2) is 19.9 Å². The fourth-order valence-corrected chi connectivity index (χ4v) is 3.23. The zero-order chi connectivity index (χ0) is 13.9. The molecule has 20 heavy (non-hydrogen) atoms. The van der Waals surface area contributed by atoms with Crippen LogP contribution in [0.4, 0.5) is 0 Å². The normalized spacial score (nSPS) is 14.7. The molecule has 0 spiro atoms. The van der Waals surface area contributed by atoms with Gasteiger partial charge in [-0.2, -0.15) is 0 Å². The van der Waals surface area contributed by atoms with Gasteiger partial charge < -0.3 is 9.67 Å². The van der Waals surface area contributed by atoms with Crippen molar-refractivity contribution in [2.45, 2.75) is 43.9 Å². The van der Waals surface area contributed by atoms with Crippen LogP contribution in [0.3, 0.4) is 0 Å². The van der Waals surface area contributed by atoms with E-state index in [9.17, 15) is 0 Å². The maximum atomic E-state index is 9.02. The van der Waals surface area contributed by atoms with Crippen LogP contribution in [0.5, 0.6) is 0 Å². The molecule has 0 atom stereocenters. The number of aromatic nitrogens is 3. The van der Waals surface area contributed by atoms with Crippen LogP contribution in [0, 0.1) is 6.92 Å². The molecule has 5 heteroatoms. The Hall–Kier alpha value is -1.33. The summed E-state index contributed by atoms with van der Waals surface area (Å²) in [5.74, 6) is 4.00. The number of nitrogens with zero attached hydrogens (tertiary/aromatic N) is 3. The lowest BCUT2D eigenvalue weighted by Crippen LogP contribution is -2.02. The second-order valence-corrected chi connectivity index (χ2v) is 6.22. The lowest BCUT2D eigenvalue weighted by molar-refractivity contribution is 0.282. The first-order valence-electron chi connectivity index (χ1n) is 6.94. The van der Waals surface area contributed by atoms with Crippen molar-refractivity contribution in [2.75, 3.05) is 0 Å². The van der Waals surface area contributed by atoms with E-state index in [-0.39, 0.29) is 6.61 Å². The molecule has 0 amide bonds. The molecule has 1 aromatic heterocycles. The first-order chi connectivity index (χ1) is 9.78. The fraction of sp³-hybridized carbons (Fsp3) is 0.467. The van der Waals surface area contributed by atoms with Gasteiger partial charge in [0.2, 0.25) is 0 Å². The smallest absolute Gasteiger partial charge is 0.143 e. The Morgan fingerprint density at radius 2 is 1.85 bits per heavy atom. The maximum Gasteiger partial charge on any atom is 0.143 e. The van der Waals surface area contributed by atoms with Crippen molar-refractivity contribution in [3.63, 3.8) is 0 Å². The lowest BCUT2D eigenvalue weighted by Gasteiger charge is -2.07. The maximum absolute atomic E-state index is 9.02. The largest absolute Gasteiger partial charge is 0.392 e. The summed E-state index contributed by atoms with van der Waals surface area (Å²) < 4.78 is 2.29. The minimum Gasteiger partial charge on any atom is -0.392 e. The van der Waals surface area contributed by atoms with E-state index in [1.807, 2.05) is 30.8 Å². The summed E-state index contributed by atoms with van der Waals surface area (Å²) in [6.45, 7) is 2.14. The quantitative estimate of drug-likeness (QED) is 0.888. The standard InChI is InChI=1S/C15H19N3OS/c1-11-16-17-15(18(11)14-6-7-14)10-20-9-13-4-2-12(8-19)3-5-13/h2-5,14,19H,6-10H2,1H3. The molecule has 1 saturated carbocycles. The molecule has 2 aromatic rings. The van der Waals surface area contributed by atoms with Gasteiger partial charge in [-0.3, -0.25) is 0 Å². The highest BCUT2D eigenvalue weighted by Gasteiger charge is 2.27. The van der Waals surface area contributed by atoms with Gasteiger partial charge in [-0.15, -0.1) is 22.0 Å². The molecule has 0 radical (unpaired) electrons. The van der Waals surface area contributed by atoms with Crippen molar-refractivity contribution < 1.29 is 5.11 Å². The van der Waals surface area contributed by atoms with Gasteiger partial charge in [0.15, 0.2) is 0 Å². The van der Waals surface area contributed by atoms with Gasteiger partial charge in [0, 0.05) is 11.8 Å². The van der Waals surface area contributed by atoms with Crippen LogP contribution in [0.1, 0.15) is 41.7 Å². The Morgan fingerprint density at radius 3 is 2.50 bits per heavy atom. The number of aliphatic hydroxyl groups is 1.